The van der Waals surface area contributed by atoms with Crippen LogP contribution < -0.4 is 10.6 Å². The number of rotatable bonds is 8. The third-order valence-electron chi connectivity index (χ3n) is 6.25. The largest absolute Gasteiger partial charge is 0.356 e. The summed E-state index contributed by atoms with van der Waals surface area (Å²) >= 11 is 0. The molecule has 0 spiro atoms. The van der Waals surface area contributed by atoms with Crippen molar-refractivity contribution in [1.82, 2.24) is 20.4 Å². The number of aliphatic imine (C=N–C) groups is 1. The van der Waals surface area contributed by atoms with Gasteiger partial charge < -0.3 is 15.5 Å². The van der Waals surface area contributed by atoms with Gasteiger partial charge in [-0.1, -0.05) is 43.7 Å². The molecule has 3 rings (SSSR count). The molecule has 0 aromatic heterocycles. The summed E-state index contributed by atoms with van der Waals surface area (Å²) < 4.78 is 0. The van der Waals surface area contributed by atoms with Crippen molar-refractivity contribution >= 4 is 35.8 Å². The number of benzene rings is 1. The molecule has 1 saturated carbocycles. The summed E-state index contributed by atoms with van der Waals surface area (Å²) in [7, 11) is 1.85. The van der Waals surface area contributed by atoms with E-state index in [4.69, 9.17) is 0 Å². The van der Waals surface area contributed by atoms with E-state index in [-0.39, 0.29) is 35.8 Å². The van der Waals surface area contributed by atoms with Gasteiger partial charge in [0.1, 0.15) is 0 Å². The van der Waals surface area contributed by atoms with E-state index < -0.39 is 0 Å². The predicted molar refractivity (Wildman–Crippen MR) is 134 cm³/mol. The lowest BCUT2D eigenvalue weighted by Crippen LogP contribution is -2.53. The highest BCUT2D eigenvalue weighted by Gasteiger charge is 2.26. The Morgan fingerprint density at radius 1 is 1.10 bits per heavy atom. The normalized spacial score (nSPS) is 18.9. The van der Waals surface area contributed by atoms with Crippen LogP contribution >= 0.6 is 24.0 Å². The fourth-order valence-electron chi connectivity index (χ4n) is 4.27. The maximum Gasteiger partial charge on any atom is 0.223 e. The molecule has 2 fully saturated rings. The second-order valence-electron chi connectivity index (χ2n) is 8.10. The molecule has 2 N–H and O–H groups in total. The molecule has 1 aromatic rings. The Morgan fingerprint density at radius 2 is 1.77 bits per heavy atom. The summed E-state index contributed by atoms with van der Waals surface area (Å²) in [4.78, 5) is 21.3. The number of piperazine rings is 1. The number of carbonyl (C=O) groups excluding carboxylic acids is 1. The van der Waals surface area contributed by atoms with Crippen LogP contribution in [0, 0.1) is 5.92 Å². The van der Waals surface area contributed by atoms with Gasteiger partial charge in [0.25, 0.3) is 0 Å². The number of hydrogen-bond donors (Lipinski definition) is 2. The zero-order chi connectivity index (χ0) is 20.5. The lowest BCUT2D eigenvalue weighted by atomic mass is 9.85. The highest BCUT2D eigenvalue weighted by molar-refractivity contribution is 14.0. The summed E-state index contributed by atoms with van der Waals surface area (Å²) in [5.41, 5.74) is 1.41. The van der Waals surface area contributed by atoms with Gasteiger partial charge in [-0.25, -0.2) is 0 Å². The molecule has 1 saturated heterocycles. The number of amides is 1. The van der Waals surface area contributed by atoms with Crippen LogP contribution in [0.2, 0.25) is 0 Å². The molecule has 1 aliphatic carbocycles. The van der Waals surface area contributed by atoms with Gasteiger partial charge in [-0.05, 0) is 31.2 Å². The molecule has 0 radical (unpaired) electrons. The molecule has 1 amide bonds. The maximum absolute atomic E-state index is 11.9. The van der Waals surface area contributed by atoms with Crippen molar-refractivity contribution in [3.05, 3.63) is 35.9 Å². The van der Waals surface area contributed by atoms with E-state index in [1.807, 2.05) is 7.05 Å². The summed E-state index contributed by atoms with van der Waals surface area (Å²) in [6.45, 7) is 7.91. The Bertz CT molecular complexity index is 657. The summed E-state index contributed by atoms with van der Waals surface area (Å²) in [5, 5.41) is 6.52. The van der Waals surface area contributed by atoms with Gasteiger partial charge in [0.15, 0.2) is 5.96 Å². The van der Waals surface area contributed by atoms with Gasteiger partial charge in [0, 0.05) is 58.3 Å². The topological polar surface area (TPSA) is 60.0 Å². The van der Waals surface area contributed by atoms with Crippen LogP contribution in [-0.4, -0.2) is 68.0 Å². The lowest BCUT2D eigenvalue weighted by molar-refractivity contribution is -0.127. The number of carbonyl (C=O) groups is 1. The zero-order valence-electron chi connectivity index (χ0n) is 18.5. The Morgan fingerprint density at radius 3 is 2.33 bits per heavy atom. The standard InChI is InChI=1S/C23H37N5O.HI/c1-3-21(19-9-5-4-6-10-19)27-15-17-28(18-16-27)23(24-2)26-14-8-13-25-22(29)20-11-7-12-20;/h4-6,9-10,20-21H,3,7-8,11-18H2,1-2H3,(H,24,26)(H,25,29);1H. The fourth-order valence-corrected chi connectivity index (χ4v) is 4.27. The molecular weight excluding hydrogens is 489 g/mol. The van der Waals surface area contributed by atoms with Crippen LogP contribution in [0.4, 0.5) is 0 Å². The van der Waals surface area contributed by atoms with Gasteiger partial charge in [-0.3, -0.25) is 14.7 Å². The van der Waals surface area contributed by atoms with Crippen molar-refractivity contribution in [3.63, 3.8) is 0 Å². The Kier molecular flexibility index (Phi) is 10.9. The predicted octanol–water partition coefficient (Wildman–Crippen LogP) is 3.26. The monoisotopic (exact) mass is 527 g/mol. The molecule has 30 heavy (non-hydrogen) atoms. The number of guanidine groups is 1. The first-order valence-corrected chi connectivity index (χ1v) is 11.2. The number of halogens is 1. The van der Waals surface area contributed by atoms with Crippen LogP contribution in [-0.2, 0) is 4.79 Å². The van der Waals surface area contributed by atoms with E-state index in [1.54, 1.807) is 0 Å². The van der Waals surface area contributed by atoms with E-state index in [0.29, 0.717) is 6.04 Å². The third kappa shape index (κ3) is 6.83. The molecule has 2 aliphatic rings. The molecule has 6 nitrogen and oxygen atoms in total. The van der Waals surface area contributed by atoms with E-state index in [9.17, 15) is 4.79 Å². The summed E-state index contributed by atoms with van der Waals surface area (Å²) in [6.07, 6.45) is 5.37. The van der Waals surface area contributed by atoms with E-state index in [2.05, 4.69) is 62.7 Å². The van der Waals surface area contributed by atoms with E-state index in [0.717, 1.165) is 70.9 Å². The number of nitrogens with zero attached hydrogens (tertiary/aromatic N) is 3. The van der Waals surface area contributed by atoms with Crippen molar-refractivity contribution in [2.75, 3.05) is 46.3 Å². The molecule has 168 valence electrons. The Hall–Kier alpha value is -1.35. The van der Waals surface area contributed by atoms with Gasteiger partial charge in [0.2, 0.25) is 5.91 Å². The molecule has 1 aromatic carbocycles. The summed E-state index contributed by atoms with van der Waals surface area (Å²) in [6, 6.07) is 11.3. The van der Waals surface area contributed by atoms with Crippen molar-refractivity contribution in [1.29, 1.82) is 0 Å². The quantitative estimate of drug-likeness (QED) is 0.236. The van der Waals surface area contributed by atoms with Crippen LogP contribution in [0.3, 0.4) is 0 Å². The van der Waals surface area contributed by atoms with Crippen molar-refractivity contribution in [2.45, 2.75) is 45.1 Å². The van der Waals surface area contributed by atoms with Crippen LogP contribution in [0.5, 0.6) is 0 Å². The third-order valence-corrected chi connectivity index (χ3v) is 6.25. The van der Waals surface area contributed by atoms with Gasteiger partial charge in [0.05, 0.1) is 0 Å². The highest BCUT2D eigenvalue weighted by atomic mass is 127. The molecule has 1 atom stereocenters. The zero-order valence-corrected chi connectivity index (χ0v) is 20.8. The van der Waals surface area contributed by atoms with Crippen LogP contribution in [0.1, 0.15) is 50.6 Å². The molecule has 7 heteroatoms. The molecule has 1 heterocycles. The average Bonchev–Trinajstić information content (AvgIpc) is 2.71. The van der Waals surface area contributed by atoms with Gasteiger partial charge in [-0.15, -0.1) is 24.0 Å². The highest BCUT2D eigenvalue weighted by Crippen LogP contribution is 2.26. The fraction of sp³-hybridized carbons (Fsp3) is 0.652. The number of hydrogen-bond acceptors (Lipinski definition) is 3. The molecular formula is C23H38IN5O. The number of nitrogens with one attached hydrogen (secondary N) is 2. The molecule has 0 bridgehead atoms. The summed E-state index contributed by atoms with van der Waals surface area (Å²) in [5.74, 6) is 1.48. The minimum absolute atomic E-state index is 0. The molecule has 1 aliphatic heterocycles. The first kappa shape index (κ1) is 24.9. The van der Waals surface area contributed by atoms with E-state index >= 15 is 0 Å². The minimum atomic E-state index is 0. The van der Waals surface area contributed by atoms with Crippen molar-refractivity contribution in [3.8, 4) is 0 Å². The lowest BCUT2D eigenvalue weighted by Gasteiger charge is -2.40. The second-order valence-corrected chi connectivity index (χ2v) is 8.10. The Labute approximate surface area is 198 Å². The van der Waals surface area contributed by atoms with Gasteiger partial charge >= 0.3 is 0 Å². The first-order valence-electron chi connectivity index (χ1n) is 11.2. The van der Waals surface area contributed by atoms with Gasteiger partial charge in [-0.2, -0.15) is 0 Å². The van der Waals surface area contributed by atoms with Crippen molar-refractivity contribution < 1.29 is 4.79 Å². The maximum atomic E-state index is 11.9. The average molecular weight is 527 g/mol. The van der Waals surface area contributed by atoms with Crippen LogP contribution in [0.25, 0.3) is 0 Å². The SMILES string of the molecule is CCC(c1ccccc1)N1CCN(C(=NC)NCCCNC(=O)C2CCC2)CC1.I. The van der Waals surface area contributed by atoms with E-state index in [1.165, 1.54) is 12.0 Å². The minimum Gasteiger partial charge on any atom is -0.356 e. The molecule has 1 unspecified atom stereocenters. The van der Waals surface area contributed by atoms with Crippen LogP contribution in [0.15, 0.2) is 35.3 Å². The second kappa shape index (κ2) is 13.1. The smallest absolute Gasteiger partial charge is 0.223 e. The Balaban J connectivity index is 0.00000320. The first-order chi connectivity index (χ1) is 14.2. The van der Waals surface area contributed by atoms with Crippen molar-refractivity contribution in [2.24, 2.45) is 10.9 Å².